The van der Waals surface area contributed by atoms with Crippen molar-refractivity contribution in [3.63, 3.8) is 0 Å². The second kappa shape index (κ2) is 10.1. The Morgan fingerprint density at radius 1 is 0.939 bits per heavy atom. The maximum absolute atomic E-state index is 13.7. The second-order valence-electron chi connectivity index (χ2n) is 10.4. The number of piperazine rings is 1. The van der Waals surface area contributed by atoms with Crippen LogP contribution in [-0.2, 0) is 20.7 Å². The summed E-state index contributed by atoms with van der Waals surface area (Å²) in [7, 11) is 0. The molecule has 1 aromatic carbocycles. The maximum atomic E-state index is 13.7. The molecule has 2 unspecified atom stereocenters. The fraction of sp³-hybridized carbons (Fsp3) is 0.704. The average Bonchev–Trinajstić information content (AvgIpc) is 3.55. The van der Waals surface area contributed by atoms with E-state index < -0.39 is 5.54 Å². The molecule has 6 nitrogen and oxygen atoms in total. The van der Waals surface area contributed by atoms with Gasteiger partial charge in [-0.2, -0.15) is 0 Å². The SMILES string of the molecule is O=C1C2CCCN2C(=O)C2(CCN(CCCCCc3ccccc3)CC2)N1CC1CCCO1. The van der Waals surface area contributed by atoms with Gasteiger partial charge in [-0.1, -0.05) is 36.8 Å². The molecule has 0 saturated carbocycles. The van der Waals surface area contributed by atoms with Crippen molar-refractivity contribution in [1.82, 2.24) is 14.7 Å². The highest BCUT2D eigenvalue weighted by Crippen LogP contribution is 2.40. The van der Waals surface area contributed by atoms with Gasteiger partial charge in [0.2, 0.25) is 11.8 Å². The van der Waals surface area contributed by atoms with E-state index in [2.05, 4.69) is 35.2 Å². The molecule has 0 radical (unpaired) electrons. The van der Waals surface area contributed by atoms with Gasteiger partial charge in [-0.15, -0.1) is 0 Å². The standard InChI is InChI=1S/C27H39N3O3/c31-25-24-13-7-17-29(24)26(32)27(30(25)21-23-12-8-20-33-23)14-18-28(19-15-27)16-6-2-5-11-22-9-3-1-4-10-22/h1,3-4,9-10,23-24H,2,5-8,11-21H2. The van der Waals surface area contributed by atoms with E-state index in [1.807, 2.05) is 9.80 Å². The lowest BCUT2D eigenvalue weighted by Crippen LogP contribution is -2.73. The van der Waals surface area contributed by atoms with Gasteiger partial charge in [0.05, 0.1) is 6.10 Å². The third-order valence-electron chi connectivity index (χ3n) is 8.36. The molecule has 4 heterocycles. The van der Waals surface area contributed by atoms with Crippen molar-refractivity contribution in [2.75, 3.05) is 39.3 Å². The third-order valence-corrected chi connectivity index (χ3v) is 8.36. The van der Waals surface area contributed by atoms with Gasteiger partial charge in [0.25, 0.3) is 0 Å². The van der Waals surface area contributed by atoms with E-state index in [9.17, 15) is 9.59 Å². The van der Waals surface area contributed by atoms with Gasteiger partial charge < -0.3 is 19.4 Å². The smallest absolute Gasteiger partial charge is 0.249 e. The summed E-state index contributed by atoms with van der Waals surface area (Å²) in [6, 6.07) is 10.5. The van der Waals surface area contributed by atoms with Gasteiger partial charge in [0, 0.05) is 32.8 Å². The number of ether oxygens (including phenoxy) is 1. The van der Waals surface area contributed by atoms with Gasteiger partial charge in [0.15, 0.2) is 0 Å². The predicted octanol–water partition coefficient (Wildman–Crippen LogP) is 3.25. The van der Waals surface area contributed by atoms with Crippen molar-refractivity contribution < 1.29 is 14.3 Å². The van der Waals surface area contributed by atoms with E-state index in [4.69, 9.17) is 4.74 Å². The van der Waals surface area contributed by atoms with Gasteiger partial charge in [-0.05, 0) is 69.9 Å². The Morgan fingerprint density at radius 3 is 2.52 bits per heavy atom. The first-order chi connectivity index (χ1) is 16.2. The molecule has 0 aliphatic carbocycles. The van der Waals surface area contributed by atoms with Crippen LogP contribution in [0.25, 0.3) is 0 Å². The molecule has 33 heavy (non-hydrogen) atoms. The van der Waals surface area contributed by atoms with Crippen LogP contribution in [0.4, 0.5) is 0 Å². The van der Waals surface area contributed by atoms with E-state index in [1.54, 1.807) is 0 Å². The van der Waals surface area contributed by atoms with Gasteiger partial charge in [0.1, 0.15) is 11.6 Å². The minimum Gasteiger partial charge on any atom is -0.376 e. The first-order valence-corrected chi connectivity index (χ1v) is 13.2. The first-order valence-electron chi connectivity index (χ1n) is 13.2. The number of benzene rings is 1. The van der Waals surface area contributed by atoms with Crippen LogP contribution in [-0.4, -0.2) is 83.5 Å². The predicted molar refractivity (Wildman–Crippen MR) is 128 cm³/mol. The summed E-state index contributed by atoms with van der Waals surface area (Å²) in [5.41, 5.74) is 0.776. The molecule has 1 aromatic rings. The number of piperidine rings is 1. The van der Waals surface area contributed by atoms with Crippen molar-refractivity contribution in [3.8, 4) is 0 Å². The summed E-state index contributed by atoms with van der Waals surface area (Å²) in [5.74, 6) is 0.391. The van der Waals surface area contributed by atoms with Gasteiger partial charge >= 0.3 is 0 Å². The van der Waals surface area contributed by atoms with Crippen LogP contribution in [0.2, 0.25) is 0 Å². The monoisotopic (exact) mass is 453 g/mol. The molecule has 4 saturated heterocycles. The molecule has 0 bridgehead atoms. The summed E-state index contributed by atoms with van der Waals surface area (Å²) in [6.07, 6.45) is 10.2. The quantitative estimate of drug-likeness (QED) is 0.567. The Morgan fingerprint density at radius 2 is 1.76 bits per heavy atom. The highest BCUT2D eigenvalue weighted by atomic mass is 16.5. The third kappa shape index (κ3) is 4.69. The van der Waals surface area contributed by atoms with Crippen LogP contribution in [0, 0.1) is 0 Å². The summed E-state index contributed by atoms with van der Waals surface area (Å²) in [5, 5.41) is 0. The second-order valence-corrected chi connectivity index (χ2v) is 10.4. The van der Waals surface area contributed by atoms with E-state index in [1.165, 1.54) is 24.8 Å². The van der Waals surface area contributed by atoms with Crippen LogP contribution in [0.15, 0.2) is 30.3 Å². The number of likely N-dealkylation sites (tertiary alicyclic amines) is 1. The fourth-order valence-corrected chi connectivity index (χ4v) is 6.41. The summed E-state index contributed by atoms with van der Waals surface area (Å²) >= 11 is 0. The number of amides is 2. The molecular weight excluding hydrogens is 414 g/mol. The highest BCUT2D eigenvalue weighted by Gasteiger charge is 2.58. The number of rotatable bonds is 8. The summed E-state index contributed by atoms with van der Waals surface area (Å²) in [6.45, 7) is 5.01. The fourth-order valence-electron chi connectivity index (χ4n) is 6.41. The van der Waals surface area contributed by atoms with Crippen molar-refractivity contribution in [1.29, 1.82) is 0 Å². The number of carbonyl (C=O) groups is 2. The van der Waals surface area contributed by atoms with Crippen LogP contribution in [0.1, 0.15) is 63.4 Å². The van der Waals surface area contributed by atoms with Crippen LogP contribution in [0.5, 0.6) is 0 Å². The molecule has 0 N–H and O–H groups in total. The zero-order valence-corrected chi connectivity index (χ0v) is 19.9. The molecule has 5 rings (SSSR count). The number of carbonyl (C=O) groups excluding carboxylic acids is 2. The van der Waals surface area contributed by atoms with Gasteiger partial charge in [-0.3, -0.25) is 9.59 Å². The lowest BCUT2D eigenvalue weighted by atomic mass is 9.80. The van der Waals surface area contributed by atoms with Crippen molar-refractivity contribution in [2.24, 2.45) is 0 Å². The van der Waals surface area contributed by atoms with Crippen molar-refractivity contribution in [3.05, 3.63) is 35.9 Å². The molecule has 180 valence electrons. The molecule has 2 amide bonds. The molecule has 0 aromatic heterocycles. The van der Waals surface area contributed by atoms with Crippen LogP contribution in [0.3, 0.4) is 0 Å². The molecular formula is C27H39N3O3. The lowest BCUT2D eigenvalue weighted by molar-refractivity contribution is -0.174. The van der Waals surface area contributed by atoms with E-state index in [0.29, 0.717) is 6.54 Å². The highest BCUT2D eigenvalue weighted by molar-refractivity contribution is 6.00. The molecule has 4 fully saturated rings. The Bertz CT molecular complexity index is 815. The van der Waals surface area contributed by atoms with Crippen molar-refractivity contribution >= 4 is 11.8 Å². The minimum atomic E-state index is -0.645. The average molecular weight is 454 g/mol. The summed E-state index contributed by atoms with van der Waals surface area (Å²) in [4.78, 5) is 33.6. The number of fused-ring (bicyclic) bond motifs is 1. The first kappa shape index (κ1) is 22.9. The summed E-state index contributed by atoms with van der Waals surface area (Å²) < 4.78 is 5.88. The Kier molecular flexibility index (Phi) is 7.02. The topological polar surface area (TPSA) is 53.1 Å². The molecule has 6 heteroatoms. The maximum Gasteiger partial charge on any atom is 0.249 e. The largest absolute Gasteiger partial charge is 0.376 e. The van der Waals surface area contributed by atoms with Crippen molar-refractivity contribution in [2.45, 2.75) is 81.9 Å². The minimum absolute atomic E-state index is 0.0919. The normalized spacial score (nSPS) is 27.5. The number of hydrogen-bond donors (Lipinski definition) is 0. The molecule has 4 aliphatic rings. The van der Waals surface area contributed by atoms with Gasteiger partial charge in [-0.25, -0.2) is 0 Å². The van der Waals surface area contributed by atoms with Crippen LogP contribution >= 0.6 is 0 Å². The Labute approximate surface area is 198 Å². The number of hydrogen-bond acceptors (Lipinski definition) is 4. The number of nitrogens with zero attached hydrogens (tertiary/aromatic N) is 3. The van der Waals surface area contributed by atoms with E-state index >= 15 is 0 Å². The van der Waals surface area contributed by atoms with E-state index in [-0.39, 0.29) is 24.0 Å². The zero-order chi connectivity index (χ0) is 22.7. The Balaban J connectivity index is 1.17. The zero-order valence-electron chi connectivity index (χ0n) is 19.9. The molecule has 4 aliphatic heterocycles. The molecule has 2 atom stereocenters. The number of unbranched alkanes of at least 4 members (excludes halogenated alkanes) is 2. The Hall–Kier alpha value is -1.92. The van der Waals surface area contributed by atoms with E-state index in [0.717, 1.165) is 77.7 Å². The molecule has 1 spiro atoms. The number of aryl methyl sites for hydroxylation is 1. The van der Waals surface area contributed by atoms with Crippen LogP contribution < -0.4 is 0 Å². The lowest BCUT2D eigenvalue weighted by Gasteiger charge is -2.54.